The highest BCUT2D eigenvalue weighted by atomic mass is 16.3. The lowest BCUT2D eigenvalue weighted by Crippen LogP contribution is -2.50. The van der Waals surface area contributed by atoms with Crippen LogP contribution in [0, 0.1) is 0 Å². The molecule has 1 aromatic rings. The molecule has 3 rings (SSSR count). The maximum absolute atomic E-state index is 10.2. The number of aliphatic hydroxyl groups is 2. The van der Waals surface area contributed by atoms with E-state index in [0.29, 0.717) is 13.0 Å². The van der Waals surface area contributed by atoms with Crippen LogP contribution in [0.4, 0.5) is 0 Å². The summed E-state index contributed by atoms with van der Waals surface area (Å²) in [6.07, 6.45) is 4.31. The van der Waals surface area contributed by atoms with Crippen molar-refractivity contribution >= 4 is 0 Å². The van der Waals surface area contributed by atoms with E-state index in [2.05, 4.69) is 29.2 Å². The van der Waals surface area contributed by atoms with Crippen molar-refractivity contribution in [3.63, 3.8) is 0 Å². The SMILES string of the molecule is OCC1(O)CCCN(Cc2ccccc2C2CC2)C1. The second kappa shape index (κ2) is 5.23. The molecule has 0 radical (unpaired) electrons. The zero-order chi connectivity index (χ0) is 13.3. The summed E-state index contributed by atoms with van der Waals surface area (Å²) >= 11 is 0. The number of likely N-dealkylation sites (tertiary alicyclic amines) is 1. The van der Waals surface area contributed by atoms with Crippen molar-refractivity contribution in [2.75, 3.05) is 19.7 Å². The molecule has 0 bridgehead atoms. The maximum atomic E-state index is 10.2. The van der Waals surface area contributed by atoms with Crippen LogP contribution in [0.2, 0.25) is 0 Å². The fourth-order valence-electron chi connectivity index (χ4n) is 3.18. The number of hydrogen-bond acceptors (Lipinski definition) is 3. The second-order valence-electron chi connectivity index (χ2n) is 6.17. The summed E-state index contributed by atoms with van der Waals surface area (Å²) in [4.78, 5) is 2.28. The minimum atomic E-state index is -0.896. The molecule has 2 fully saturated rings. The van der Waals surface area contributed by atoms with E-state index in [4.69, 9.17) is 0 Å². The Hall–Kier alpha value is -0.900. The van der Waals surface area contributed by atoms with Gasteiger partial charge in [0, 0.05) is 13.1 Å². The molecule has 0 aromatic heterocycles. The van der Waals surface area contributed by atoms with Crippen LogP contribution in [0.15, 0.2) is 24.3 Å². The average molecular weight is 261 g/mol. The predicted octanol–water partition coefficient (Wildman–Crippen LogP) is 1.88. The zero-order valence-electron chi connectivity index (χ0n) is 11.4. The predicted molar refractivity (Wildman–Crippen MR) is 75.0 cm³/mol. The molecular weight excluding hydrogens is 238 g/mol. The van der Waals surface area contributed by atoms with Gasteiger partial charge in [-0.3, -0.25) is 4.90 Å². The fraction of sp³-hybridized carbons (Fsp3) is 0.625. The highest BCUT2D eigenvalue weighted by Crippen LogP contribution is 2.42. The monoisotopic (exact) mass is 261 g/mol. The van der Waals surface area contributed by atoms with Gasteiger partial charge in [-0.2, -0.15) is 0 Å². The van der Waals surface area contributed by atoms with Crippen molar-refractivity contribution in [3.8, 4) is 0 Å². The van der Waals surface area contributed by atoms with Gasteiger partial charge >= 0.3 is 0 Å². The normalized spacial score (nSPS) is 28.5. The minimum absolute atomic E-state index is 0.131. The average Bonchev–Trinajstić information content (AvgIpc) is 3.24. The first-order valence-electron chi connectivity index (χ1n) is 7.34. The van der Waals surface area contributed by atoms with E-state index in [0.717, 1.165) is 25.4 Å². The van der Waals surface area contributed by atoms with E-state index in [9.17, 15) is 10.2 Å². The molecule has 1 unspecified atom stereocenters. The third-order valence-electron chi connectivity index (χ3n) is 4.39. The Morgan fingerprint density at radius 1 is 1.26 bits per heavy atom. The molecule has 3 nitrogen and oxygen atoms in total. The largest absolute Gasteiger partial charge is 0.393 e. The van der Waals surface area contributed by atoms with Crippen molar-refractivity contribution < 1.29 is 10.2 Å². The maximum Gasteiger partial charge on any atom is 0.100 e. The van der Waals surface area contributed by atoms with Crippen LogP contribution < -0.4 is 0 Å². The molecule has 0 amide bonds. The molecule has 0 spiro atoms. The molecule has 1 aliphatic carbocycles. The summed E-state index contributed by atoms with van der Waals surface area (Å²) in [5.41, 5.74) is 1.99. The van der Waals surface area contributed by atoms with Gasteiger partial charge < -0.3 is 10.2 Å². The third-order valence-corrected chi connectivity index (χ3v) is 4.39. The van der Waals surface area contributed by atoms with E-state index in [1.54, 1.807) is 0 Å². The molecule has 1 aromatic carbocycles. The molecule has 1 atom stereocenters. The number of benzene rings is 1. The van der Waals surface area contributed by atoms with E-state index >= 15 is 0 Å². The number of piperidine rings is 1. The number of aliphatic hydroxyl groups excluding tert-OH is 1. The van der Waals surface area contributed by atoms with Crippen molar-refractivity contribution in [1.29, 1.82) is 0 Å². The molecule has 1 saturated heterocycles. The zero-order valence-corrected chi connectivity index (χ0v) is 11.4. The summed E-state index contributed by atoms with van der Waals surface area (Å²) in [5, 5.41) is 19.5. The molecule has 2 aliphatic rings. The van der Waals surface area contributed by atoms with Gasteiger partial charge in [0.05, 0.1) is 6.61 Å². The van der Waals surface area contributed by atoms with Crippen LogP contribution in [-0.4, -0.2) is 40.4 Å². The molecule has 3 heteroatoms. The minimum Gasteiger partial charge on any atom is -0.393 e. The first-order chi connectivity index (χ1) is 9.20. The summed E-state index contributed by atoms with van der Waals surface area (Å²) in [6.45, 7) is 2.37. The fourth-order valence-corrected chi connectivity index (χ4v) is 3.18. The van der Waals surface area contributed by atoms with Gasteiger partial charge in [-0.05, 0) is 49.3 Å². The Labute approximate surface area is 114 Å². The van der Waals surface area contributed by atoms with E-state index in [1.165, 1.54) is 24.0 Å². The summed E-state index contributed by atoms with van der Waals surface area (Å²) in [7, 11) is 0. The molecule has 19 heavy (non-hydrogen) atoms. The summed E-state index contributed by atoms with van der Waals surface area (Å²) in [5.74, 6) is 0.762. The van der Waals surface area contributed by atoms with Crippen molar-refractivity contribution in [2.45, 2.75) is 43.7 Å². The molecule has 104 valence electrons. The lowest BCUT2D eigenvalue weighted by atomic mass is 9.93. The Balaban J connectivity index is 1.71. The van der Waals surface area contributed by atoms with Crippen LogP contribution in [0.1, 0.15) is 42.7 Å². The van der Waals surface area contributed by atoms with Gasteiger partial charge in [0.2, 0.25) is 0 Å². The Morgan fingerprint density at radius 3 is 2.79 bits per heavy atom. The van der Waals surface area contributed by atoms with Gasteiger partial charge in [0.1, 0.15) is 5.60 Å². The molecule has 1 saturated carbocycles. The standard InChI is InChI=1S/C16H23NO2/c18-12-16(19)8-3-9-17(11-16)10-14-4-1-2-5-15(14)13-6-7-13/h1-2,4-5,13,18-19H,3,6-12H2. The van der Waals surface area contributed by atoms with Crippen LogP contribution >= 0.6 is 0 Å². The van der Waals surface area contributed by atoms with Crippen molar-refractivity contribution in [1.82, 2.24) is 4.90 Å². The van der Waals surface area contributed by atoms with E-state index in [-0.39, 0.29) is 6.61 Å². The Bertz CT molecular complexity index is 444. The summed E-state index contributed by atoms with van der Waals surface area (Å²) in [6, 6.07) is 8.68. The number of β-amino-alcohol motifs (C(OH)–C–C–N with tert-alkyl or cyclic N) is 1. The summed E-state index contributed by atoms with van der Waals surface area (Å²) < 4.78 is 0. The lowest BCUT2D eigenvalue weighted by molar-refractivity contribution is -0.0687. The molecule has 2 N–H and O–H groups in total. The number of hydrogen-bond donors (Lipinski definition) is 2. The topological polar surface area (TPSA) is 43.7 Å². The number of nitrogens with zero attached hydrogens (tertiary/aromatic N) is 1. The van der Waals surface area contributed by atoms with Crippen LogP contribution in [0.3, 0.4) is 0 Å². The molecular formula is C16H23NO2. The number of rotatable bonds is 4. The Morgan fingerprint density at radius 2 is 2.05 bits per heavy atom. The highest BCUT2D eigenvalue weighted by Gasteiger charge is 2.33. The second-order valence-corrected chi connectivity index (χ2v) is 6.17. The van der Waals surface area contributed by atoms with Crippen molar-refractivity contribution in [2.24, 2.45) is 0 Å². The highest BCUT2D eigenvalue weighted by molar-refractivity contribution is 5.33. The van der Waals surface area contributed by atoms with Crippen LogP contribution in [0.25, 0.3) is 0 Å². The quantitative estimate of drug-likeness (QED) is 0.870. The van der Waals surface area contributed by atoms with Gasteiger partial charge in [-0.1, -0.05) is 24.3 Å². The van der Waals surface area contributed by atoms with Crippen LogP contribution in [-0.2, 0) is 6.54 Å². The molecule has 1 heterocycles. The van der Waals surface area contributed by atoms with Gasteiger partial charge in [-0.25, -0.2) is 0 Å². The van der Waals surface area contributed by atoms with Gasteiger partial charge in [0.15, 0.2) is 0 Å². The molecule has 1 aliphatic heterocycles. The van der Waals surface area contributed by atoms with Gasteiger partial charge in [0.25, 0.3) is 0 Å². The van der Waals surface area contributed by atoms with E-state index < -0.39 is 5.60 Å². The van der Waals surface area contributed by atoms with Gasteiger partial charge in [-0.15, -0.1) is 0 Å². The smallest absolute Gasteiger partial charge is 0.100 e. The first kappa shape index (κ1) is 13.1. The Kier molecular flexibility index (Phi) is 3.61. The van der Waals surface area contributed by atoms with Crippen LogP contribution in [0.5, 0.6) is 0 Å². The third kappa shape index (κ3) is 2.99. The van der Waals surface area contributed by atoms with E-state index in [1.807, 2.05) is 0 Å². The lowest BCUT2D eigenvalue weighted by Gasteiger charge is -2.38. The first-order valence-corrected chi connectivity index (χ1v) is 7.34. The van der Waals surface area contributed by atoms with Crippen molar-refractivity contribution in [3.05, 3.63) is 35.4 Å².